The summed E-state index contributed by atoms with van der Waals surface area (Å²) in [5, 5.41) is 5.14. The van der Waals surface area contributed by atoms with Gasteiger partial charge in [0.15, 0.2) is 9.99 Å². The number of hydrogen-bond donors (Lipinski definition) is 2. The number of sulfonamides is 1. The Kier molecular flexibility index (Phi) is 3.26. The molecule has 3 aromatic rings. The topological polar surface area (TPSA) is 75.5 Å². The highest BCUT2D eigenvalue weighted by molar-refractivity contribution is 9.10. The van der Waals surface area contributed by atoms with Crippen molar-refractivity contribution in [2.45, 2.75) is 11.1 Å². The fourth-order valence-corrected chi connectivity index (χ4v) is 5.87. The van der Waals surface area contributed by atoms with E-state index in [0.717, 1.165) is 11.3 Å². The molecule has 9 heteroatoms. The van der Waals surface area contributed by atoms with Gasteiger partial charge in [-0.3, -0.25) is 4.40 Å². The van der Waals surface area contributed by atoms with Crippen molar-refractivity contribution < 1.29 is 8.42 Å². The van der Waals surface area contributed by atoms with Gasteiger partial charge in [-0.05, 0) is 27.6 Å². The lowest BCUT2D eigenvalue weighted by Gasteiger charge is -2.13. The van der Waals surface area contributed by atoms with Crippen molar-refractivity contribution in [2.24, 2.45) is 0 Å². The van der Waals surface area contributed by atoms with Gasteiger partial charge in [-0.2, -0.15) is 0 Å². The molecule has 1 aliphatic heterocycles. The number of aromatic nitrogens is 2. The highest BCUT2D eigenvalue weighted by atomic mass is 79.9. The predicted molar refractivity (Wildman–Crippen MR) is 88.8 cm³/mol. The maximum atomic E-state index is 12.8. The molecular formula is C13H11BrN4O2S2. The lowest BCUT2D eigenvalue weighted by Crippen LogP contribution is -2.30. The summed E-state index contributed by atoms with van der Waals surface area (Å²) < 4.78 is 30.2. The number of thiazole rings is 1. The van der Waals surface area contributed by atoms with Crippen molar-refractivity contribution in [1.82, 2.24) is 14.1 Å². The predicted octanol–water partition coefficient (Wildman–Crippen LogP) is 2.60. The van der Waals surface area contributed by atoms with Gasteiger partial charge in [-0.15, -0.1) is 11.3 Å². The third kappa shape index (κ3) is 2.16. The van der Waals surface area contributed by atoms with Gasteiger partial charge in [0.05, 0.1) is 6.04 Å². The van der Waals surface area contributed by atoms with Gasteiger partial charge in [0.25, 0.3) is 10.0 Å². The number of imidazole rings is 1. The molecule has 0 aliphatic carbocycles. The Morgan fingerprint density at radius 1 is 1.41 bits per heavy atom. The molecule has 0 amide bonds. The normalized spacial score (nSPS) is 17.6. The zero-order valence-corrected chi connectivity index (χ0v) is 14.4. The molecule has 0 saturated heterocycles. The first kappa shape index (κ1) is 14.2. The number of hydrogen-bond acceptors (Lipinski definition) is 5. The molecule has 1 aromatic carbocycles. The lowest BCUT2D eigenvalue weighted by atomic mass is 10.1. The minimum Gasteiger partial charge on any atom is -0.383 e. The minimum absolute atomic E-state index is 0.133. The van der Waals surface area contributed by atoms with Crippen LogP contribution in [0.1, 0.15) is 11.6 Å². The summed E-state index contributed by atoms with van der Waals surface area (Å²) in [6.07, 6.45) is 1.70. The van der Waals surface area contributed by atoms with Crippen LogP contribution in [0.5, 0.6) is 0 Å². The summed E-state index contributed by atoms with van der Waals surface area (Å²) in [5.41, 5.74) is 1.91. The molecule has 0 spiro atoms. The van der Waals surface area contributed by atoms with Crippen LogP contribution in [0.2, 0.25) is 0 Å². The van der Waals surface area contributed by atoms with Gasteiger partial charge in [-0.1, -0.05) is 18.2 Å². The zero-order chi connectivity index (χ0) is 15.3. The first-order valence-corrected chi connectivity index (χ1v) is 9.68. The van der Waals surface area contributed by atoms with Crippen LogP contribution >= 0.6 is 27.3 Å². The van der Waals surface area contributed by atoms with Crippen LogP contribution in [-0.4, -0.2) is 24.3 Å². The van der Waals surface area contributed by atoms with Crippen LogP contribution in [0.25, 0.3) is 4.96 Å². The number of nitrogens with one attached hydrogen (secondary N) is 2. The molecule has 3 heterocycles. The zero-order valence-electron chi connectivity index (χ0n) is 11.2. The summed E-state index contributed by atoms with van der Waals surface area (Å²) in [4.78, 5) is 4.86. The van der Waals surface area contributed by atoms with Crippen molar-refractivity contribution in [3.05, 3.63) is 46.0 Å². The van der Waals surface area contributed by atoms with Crippen molar-refractivity contribution in [2.75, 3.05) is 11.9 Å². The number of nitrogens with zero attached hydrogens (tertiary/aromatic N) is 2. The maximum absolute atomic E-state index is 12.8. The van der Waals surface area contributed by atoms with Crippen LogP contribution in [0.4, 0.5) is 5.69 Å². The van der Waals surface area contributed by atoms with E-state index in [0.29, 0.717) is 16.1 Å². The lowest BCUT2D eigenvalue weighted by molar-refractivity contribution is 0.561. The molecule has 1 aliphatic rings. The van der Waals surface area contributed by atoms with Gasteiger partial charge >= 0.3 is 0 Å². The van der Waals surface area contributed by atoms with Gasteiger partial charge in [-0.25, -0.2) is 18.1 Å². The molecule has 0 fully saturated rings. The van der Waals surface area contributed by atoms with Crippen LogP contribution in [0.3, 0.4) is 0 Å². The first-order valence-electron chi connectivity index (χ1n) is 6.52. The highest BCUT2D eigenvalue weighted by Crippen LogP contribution is 2.32. The van der Waals surface area contributed by atoms with Gasteiger partial charge in [0.2, 0.25) is 0 Å². The second-order valence-electron chi connectivity index (χ2n) is 4.91. The minimum atomic E-state index is -3.70. The summed E-state index contributed by atoms with van der Waals surface area (Å²) >= 11 is 4.63. The summed E-state index contributed by atoms with van der Waals surface area (Å²) in [5.74, 6) is 0. The average molecular weight is 399 g/mol. The highest BCUT2D eigenvalue weighted by Gasteiger charge is 2.31. The Balaban J connectivity index is 1.74. The summed E-state index contributed by atoms with van der Waals surface area (Å²) in [7, 11) is -3.70. The molecule has 1 unspecified atom stereocenters. The van der Waals surface area contributed by atoms with Crippen LogP contribution in [0.15, 0.2) is 45.5 Å². The van der Waals surface area contributed by atoms with E-state index in [4.69, 9.17) is 0 Å². The van der Waals surface area contributed by atoms with Gasteiger partial charge < -0.3 is 5.32 Å². The van der Waals surface area contributed by atoms with Gasteiger partial charge in [0.1, 0.15) is 4.60 Å². The molecule has 22 heavy (non-hydrogen) atoms. The van der Waals surface area contributed by atoms with E-state index in [9.17, 15) is 8.42 Å². The quantitative estimate of drug-likeness (QED) is 0.710. The van der Waals surface area contributed by atoms with E-state index >= 15 is 0 Å². The summed E-state index contributed by atoms with van der Waals surface area (Å²) in [6.45, 7) is 0.530. The molecule has 6 nitrogen and oxygen atoms in total. The van der Waals surface area contributed by atoms with Crippen LogP contribution in [0, 0.1) is 0 Å². The number of anilines is 1. The largest absolute Gasteiger partial charge is 0.383 e. The Morgan fingerprint density at radius 3 is 3.09 bits per heavy atom. The van der Waals surface area contributed by atoms with Gasteiger partial charge in [0, 0.05) is 23.8 Å². The second-order valence-corrected chi connectivity index (χ2v) is 8.16. The monoisotopic (exact) mass is 398 g/mol. The Labute approximate surface area is 139 Å². The number of benzene rings is 1. The van der Waals surface area contributed by atoms with E-state index in [1.807, 2.05) is 24.3 Å². The van der Waals surface area contributed by atoms with E-state index in [-0.39, 0.29) is 11.1 Å². The molecule has 2 N–H and O–H groups in total. The van der Waals surface area contributed by atoms with Crippen molar-refractivity contribution in [3.8, 4) is 0 Å². The molecule has 0 bridgehead atoms. The average Bonchev–Trinajstić information content (AvgIpc) is 3.13. The standard InChI is InChI=1S/C13H11BrN4O2S2/c14-11-12(18-5-6-21-13(18)16-11)22(19,20)17-10-7-15-9-4-2-1-3-8(9)10/h1-6,10,15,17H,7H2. The van der Waals surface area contributed by atoms with Crippen molar-refractivity contribution >= 4 is 47.9 Å². The maximum Gasteiger partial charge on any atom is 0.260 e. The number of fused-ring (bicyclic) bond motifs is 2. The Morgan fingerprint density at radius 2 is 2.23 bits per heavy atom. The Hall–Kier alpha value is -1.42. The molecular weight excluding hydrogens is 388 g/mol. The molecule has 2 aromatic heterocycles. The number of halogens is 1. The molecule has 0 radical (unpaired) electrons. The van der Waals surface area contributed by atoms with E-state index in [1.54, 1.807) is 16.0 Å². The SMILES string of the molecule is O=S(=O)(NC1CNc2ccccc21)c1c(Br)nc2sccn12. The van der Waals surface area contributed by atoms with Crippen LogP contribution < -0.4 is 10.0 Å². The number of rotatable bonds is 3. The third-order valence-electron chi connectivity index (χ3n) is 3.56. The van der Waals surface area contributed by atoms with Crippen molar-refractivity contribution in [1.29, 1.82) is 0 Å². The van der Waals surface area contributed by atoms with E-state index < -0.39 is 10.0 Å². The fourth-order valence-electron chi connectivity index (χ4n) is 2.61. The van der Waals surface area contributed by atoms with E-state index in [2.05, 4.69) is 31.0 Å². The molecule has 1 atom stereocenters. The Bertz CT molecular complexity index is 963. The van der Waals surface area contributed by atoms with Crippen molar-refractivity contribution in [3.63, 3.8) is 0 Å². The third-order valence-corrected chi connectivity index (χ3v) is 6.63. The molecule has 0 saturated carbocycles. The smallest absolute Gasteiger partial charge is 0.260 e. The first-order chi connectivity index (χ1) is 10.6. The number of para-hydroxylation sites is 1. The van der Waals surface area contributed by atoms with E-state index in [1.165, 1.54) is 11.3 Å². The fraction of sp³-hybridized carbons (Fsp3) is 0.154. The molecule has 4 rings (SSSR count). The van der Waals surface area contributed by atoms with Crippen LogP contribution in [-0.2, 0) is 10.0 Å². The summed E-state index contributed by atoms with van der Waals surface area (Å²) in [6, 6.07) is 7.39. The second kappa shape index (κ2) is 5.05. The molecule has 114 valence electrons.